The molecule has 0 spiro atoms. The third-order valence-electron chi connectivity index (χ3n) is 4.48. The van der Waals surface area contributed by atoms with Gasteiger partial charge >= 0.3 is 6.03 Å². The topological polar surface area (TPSA) is 107 Å². The minimum atomic E-state index is -0.313. The number of nitrogens with one attached hydrogen (secondary N) is 2. The Balaban J connectivity index is 1.61. The van der Waals surface area contributed by atoms with Gasteiger partial charge in [0.05, 0.1) is 6.33 Å². The zero-order chi connectivity index (χ0) is 18.4. The van der Waals surface area contributed by atoms with Gasteiger partial charge in [-0.3, -0.25) is 0 Å². The predicted molar refractivity (Wildman–Crippen MR) is 93.4 cm³/mol. The number of imidazole rings is 1. The van der Waals surface area contributed by atoms with Gasteiger partial charge in [-0.2, -0.15) is 4.98 Å². The molecule has 0 unspecified atom stereocenters. The minimum absolute atomic E-state index is 0.173. The number of ether oxygens (including phenoxy) is 1. The Morgan fingerprint density at radius 3 is 2.85 bits per heavy atom. The van der Waals surface area contributed by atoms with Gasteiger partial charge in [-0.15, -0.1) is 0 Å². The van der Waals surface area contributed by atoms with Crippen molar-refractivity contribution in [2.45, 2.75) is 45.2 Å². The molecule has 1 fully saturated rings. The van der Waals surface area contributed by atoms with Gasteiger partial charge in [0.1, 0.15) is 6.04 Å². The molecule has 1 atom stereocenters. The van der Waals surface area contributed by atoms with Crippen LogP contribution in [0.4, 0.5) is 4.79 Å². The Kier molecular flexibility index (Phi) is 6.21. The number of rotatable bonds is 7. The molecule has 2 amide bonds. The van der Waals surface area contributed by atoms with Gasteiger partial charge in [0, 0.05) is 44.6 Å². The zero-order valence-corrected chi connectivity index (χ0v) is 15.2. The maximum Gasteiger partial charge on any atom is 0.315 e. The van der Waals surface area contributed by atoms with Crippen molar-refractivity contribution in [3.63, 3.8) is 0 Å². The molecule has 142 valence electrons. The second kappa shape index (κ2) is 8.79. The zero-order valence-electron chi connectivity index (χ0n) is 15.2. The molecule has 0 bridgehead atoms. The maximum atomic E-state index is 12.4. The second-order valence-electron chi connectivity index (χ2n) is 6.77. The molecule has 1 aliphatic heterocycles. The van der Waals surface area contributed by atoms with Crippen LogP contribution in [0.3, 0.4) is 0 Å². The summed E-state index contributed by atoms with van der Waals surface area (Å²) in [6, 6.07) is -0.557. The summed E-state index contributed by atoms with van der Waals surface area (Å²) in [5.41, 5.74) is 0. The largest absolute Gasteiger partial charge is 0.381 e. The Hall–Kier alpha value is -2.42. The lowest BCUT2D eigenvalue weighted by Gasteiger charge is -2.28. The first-order chi connectivity index (χ1) is 12.6. The highest BCUT2D eigenvalue weighted by atomic mass is 16.5. The quantitative estimate of drug-likeness (QED) is 0.778. The van der Waals surface area contributed by atoms with Crippen LogP contribution in [0.1, 0.15) is 50.4 Å². The SMILES string of the molecule is CC(C)c1noc([C@@H](NC(=O)NCCn2ccnc2)C2CCOCC2)n1. The van der Waals surface area contributed by atoms with Crippen LogP contribution in [0, 0.1) is 5.92 Å². The molecular formula is C17H26N6O3. The van der Waals surface area contributed by atoms with E-state index in [1.165, 1.54) is 0 Å². The van der Waals surface area contributed by atoms with Crippen LogP contribution in [-0.2, 0) is 11.3 Å². The second-order valence-corrected chi connectivity index (χ2v) is 6.77. The fraction of sp³-hybridized carbons (Fsp3) is 0.647. The lowest BCUT2D eigenvalue weighted by molar-refractivity contribution is 0.0503. The first-order valence-electron chi connectivity index (χ1n) is 9.05. The lowest BCUT2D eigenvalue weighted by Crippen LogP contribution is -2.42. The number of urea groups is 1. The van der Waals surface area contributed by atoms with Crippen LogP contribution in [0.2, 0.25) is 0 Å². The number of amides is 2. The number of hydrogen-bond acceptors (Lipinski definition) is 6. The van der Waals surface area contributed by atoms with Crippen LogP contribution in [0.5, 0.6) is 0 Å². The fourth-order valence-corrected chi connectivity index (χ4v) is 2.95. The monoisotopic (exact) mass is 362 g/mol. The van der Waals surface area contributed by atoms with E-state index in [4.69, 9.17) is 9.26 Å². The summed E-state index contributed by atoms with van der Waals surface area (Å²) in [5.74, 6) is 1.50. The molecule has 0 radical (unpaired) electrons. The Bertz CT molecular complexity index is 678. The van der Waals surface area contributed by atoms with Crippen molar-refractivity contribution in [3.05, 3.63) is 30.4 Å². The van der Waals surface area contributed by atoms with Crippen LogP contribution in [-0.4, -0.2) is 45.5 Å². The third-order valence-corrected chi connectivity index (χ3v) is 4.48. The predicted octanol–water partition coefficient (Wildman–Crippen LogP) is 1.86. The first-order valence-corrected chi connectivity index (χ1v) is 9.05. The summed E-state index contributed by atoms with van der Waals surface area (Å²) in [7, 11) is 0. The molecule has 1 aliphatic rings. The summed E-state index contributed by atoms with van der Waals surface area (Å²) in [6.07, 6.45) is 6.98. The highest BCUT2D eigenvalue weighted by Gasteiger charge is 2.31. The molecule has 2 N–H and O–H groups in total. The lowest BCUT2D eigenvalue weighted by atomic mass is 9.91. The van der Waals surface area contributed by atoms with E-state index in [-0.39, 0.29) is 23.9 Å². The van der Waals surface area contributed by atoms with E-state index in [9.17, 15) is 4.79 Å². The Morgan fingerprint density at radius 2 is 2.19 bits per heavy atom. The van der Waals surface area contributed by atoms with Gasteiger partial charge < -0.3 is 24.5 Å². The average molecular weight is 362 g/mol. The van der Waals surface area contributed by atoms with Crippen molar-refractivity contribution in [2.24, 2.45) is 5.92 Å². The number of nitrogens with zero attached hydrogens (tertiary/aromatic N) is 4. The third kappa shape index (κ3) is 4.81. The Morgan fingerprint density at radius 1 is 1.38 bits per heavy atom. The van der Waals surface area contributed by atoms with Gasteiger partial charge in [-0.05, 0) is 18.8 Å². The van der Waals surface area contributed by atoms with E-state index >= 15 is 0 Å². The molecule has 2 aromatic rings. The summed E-state index contributed by atoms with van der Waals surface area (Å²) < 4.78 is 12.8. The number of carbonyl (C=O) groups is 1. The normalized spacial score (nSPS) is 16.6. The van der Waals surface area contributed by atoms with Crippen molar-refractivity contribution < 1.29 is 14.1 Å². The summed E-state index contributed by atoms with van der Waals surface area (Å²) >= 11 is 0. The van der Waals surface area contributed by atoms with Crippen molar-refractivity contribution in [1.29, 1.82) is 0 Å². The van der Waals surface area contributed by atoms with Crippen molar-refractivity contribution in [2.75, 3.05) is 19.8 Å². The van der Waals surface area contributed by atoms with E-state index < -0.39 is 0 Å². The summed E-state index contributed by atoms with van der Waals surface area (Å²) in [4.78, 5) is 20.8. The summed E-state index contributed by atoms with van der Waals surface area (Å²) in [5, 5.41) is 9.91. The van der Waals surface area contributed by atoms with Gasteiger partial charge in [0.25, 0.3) is 0 Å². The number of carbonyl (C=O) groups excluding carboxylic acids is 1. The average Bonchev–Trinajstić information content (AvgIpc) is 3.32. The highest BCUT2D eigenvalue weighted by Crippen LogP contribution is 2.29. The molecule has 9 nitrogen and oxygen atoms in total. The van der Waals surface area contributed by atoms with Crippen molar-refractivity contribution >= 4 is 6.03 Å². The van der Waals surface area contributed by atoms with E-state index in [1.54, 1.807) is 12.5 Å². The minimum Gasteiger partial charge on any atom is -0.381 e. The molecule has 0 saturated carbocycles. The van der Waals surface area contributed by atoms with Crippen LogP contribution in [0.15, 0.2) is 23.2 Å². The van der Waals surface area contributed by atoms with Gasteiger partial charge in [0.15, 0.2) is 5.82 Å². The maximum absolute atomic E-state index is 12.4. The summed E-state index contributed by atoms with van der Waals surface area (Å²) in [6.45, 7) is 6.53. The van der Waals surface area contributed by atoms with Gasteiger partial charge in [-0.25, -0.2) is 9.78 Å². The smallest absolute Gasteiger partial charge is 0.315 e. The van der Waals surface area contributed by atoms with E-state index in [0.29, 0.717) is 38.0 Å². The molecule has 2 aromatic heterocycles. The molecule has 3 rings (SSSR count). The molecule has 0 aliphatic carbocycles. The van der Waals surface area contributed by atoms with Crippen molar-refractivity contribution in [1.82, 2.24) is 30.3 Å². The van der Waals surface area contributed by atoms with Crippen LogP contribution >= 0.6 is 0 Å². The molecular weight excluding hydrogens is 336 g/mol. The molecule has 0 aromatic carbocycles. The van der Waals surface area contributed by atoms with E-state index in [1.807, 2.05) is 24.6 Å². The molecule has 1 saturated heterocycles. The van der Waals surface area contributed by atoms with Gasteiger partial charge in [-0.1, -0.05) is 19.0 Å². The molecule has 3 heterocycles. The Labute approximate surface area is 152 Å². The van der Waals surface area contributed by atoms with Crippen LogP contribution in [0.25, 0.3) is 0 Å². The highest BCUT2D eigenvalue weighted by molar-refractivity contribution is 5.74. The molecule has 26 heavy (non-hydrogen) atoms. The first kappa shape index (κ1) is 18.4. The van der Waals surface area contributed by atoms with Crippen molar-refractivity contribution in [3.8, 4) is 0 Å². The molecule has 9 heteroatoms. The fourth-order valence-electron chi connectivity index (χ4n) is 2.95. The van der Waals surface area contributed by atoms with E-state index in [2.05, 4.69) is 25.8 Å². The standard InChI is InChI=1S/C17H26N6O3/c1-12(2)15-21-16(26-22-15)14(13-3-9-25-10-4-13)20-17(24)19-6-8-23-7-5-18-11-23/h5,7,11-14H,3-4,6,8-10H2,1-2H3,(H2,19,20,24)/t14-/m0/s1. The van der Waals surface area contributed by atoms with Crippen LogP contribution < -0.4 is 10.6 Å². The number of aromatic nitrogens is 4. The number of hydrogen-bond donors (Lipinski definition) is 2. The van der Waals surface area contributed by atoms with Gasteiger partial charge in [0.2, 0.25) is 5.89 Å². The van der Waals surface area contributed by atoms with E-state index in [0.717, 1.165) is 12.8 Å².